The topological polar surface area (TPSA) is 63.3 Å². The summed E-state index contributed by atoms with van der Waals surface area (Å²) in [7, 11) is 0. The largest absolute Gasteiger partial charge is 0.475 e. The summed E-state index contributed by atoms with van der Waals surface area (Å²) >= 11 is 5.69. The van der Waals surface area contributed by atoms with Crippen molar-refractivity contribution in [2.45, 2.75) is 0 Å². The third kappa shape index (κ3) is 1.77. The van der Waals surface area contributed by atoms with E-state index < -0.39 is 11.8 Å². The van der Waals surface area contributed by atoms with Crippen molar-refractivity contribution in [3.8, 4) is 11.5 Å². The predicted molar refractivity (Wildman–Crippen MR) is 53.9 cm³/mol. The molecule has 0 fully saturated rings. The molecule has 0 amide bonds. The van der Waals surface area contributed by atoms with Crippen LogP contribution in [0.5, 0.6) is 0 Å². The number of aromatic nitrogens is 1. The van der Waals surface area contributed by atoms with Gasteiger partial charge in [-0.25, -0.2) is 14.2 Å². The number of nitrogens with zero attached hydrogens (tertiary/aromatic N) is 1. The van der Waals surface area contributed by atoms with Crippen LogP contribution in [0, 0.1) is 5.82 Å². The van der Waals surface area contributed by atoms with Crippen LogP contribution in [0.25, 0.3) is 11.5 Å². The lowest BCUT2D eigenvalue weighted by molar-refractivity contribution is 0.0663. The average molecular weight is 242 g/mol. The highest BCUT2D eigenvalue weighted by Gasteiger charge is 2.15. The van der Waals surface area contributed by atoms with Gasteiger partial charge in [-0.05, 0) is 12.1 Å². The Kier molecular flexibility index (Phi) is 2.62. The predicted octanol–water partition coefficient (Wildman–Crippen LogP) is 2.83. The van der Waals surface area contributed by atoms with Crippen LogP contribution in [-0.2, 0) is 0 Å². The summed E-state index contributed by atoms with van der Waals surface area (Å²) in [4.78, 5) is 14.3. The first-order valence-corrected chi connectivity index (χ1v) is 4.61. The quantitative estimate of drug-likeness (QED) is 0.878. The van der Waals surface area contributed by atoms with Gasteiger partial charge in [0.1, 0.15) is 5.82 Å². The molecule has 82 valence electrons. The summed E-state index contributed by atoms with van der Waals surface area (Å²) in [5.41, 5.74) is 0.217. The Morgan fingerprint density at radius 2 is 2.25 bits per heavy atom. The molecule has 0 spiro atoms. The molecule has 2 rings (SSSR count). The number of halogens is 2. The molecular formula is C10H5ClFNO3. The van der Waals surface area contributed by atoms with E-state index in [-0.39, 0.29) is 22.2 Å². The number of hydrogen-bond donors (Lipinski definition) is 1. The molecule has 16 heavy (non-hydrogen) atoms. The molecule has 0 unspecified atom stereocenters. The van der Waals surface area contributed by atoms with Crippen molar-refractivity contribution in [1.29, 1.82) is 0 Å². The lowest BCUT2D eigenvalue weighted by Gasteiger charge is -1.99. The minimum absolute atomic E-state index is 0.0260. The van der Waals surface area contributed by atoms with Crippen molar-refractivity contribution in [3.63, 3.8) is 0 Å². The maximum absolute atomic E-state index is 13.1. The molecule has 0 radical (unpaired) electrons. The zero-order valence-electron chi connectivity index (χ0n) is 7.78. The zero-order valence-corrected chi connectivity index (χ0v) is 8.53. The number of benzene rings is 1. The summed E-state index contributed by atoms with van der Waals surface area (Å²) in [6.07, 6.45) is 1.04. The third-order valence-corrected chi connectivity index (χ3v) is 2.28. The minimum atomic E-state index is -1.24. The van der Waals surface area contributed by atoms with E-state index in [0.29, 0.717) is 0 Å². The van der Waals surface area contributed by atoms with Crippen molar-refractivity contribution in [1.82, 2.24) is 4.98 Å². The van der Waals surface area contributed by atoms with Crippen LogP contribution in [0.15, 0.2) is 28.8 Å². The van der Waals surface area contributed by atoms with Crippen molar-refractivity contribution >= 4 is 17.6 Å². The fraction of sp³-hybridized carbons (Fsp3) is 0. The smallest absolute Gasteiger partial charge is 0.373 e. The zero-order chi connectivity index (χ0) is 11.7. The van der Waals surface area contributed by atoms with E-state index in [1.807, 2.05) is 0 Å². The second-order valence-electron chi connectivity index (χ2n) is 2.94. The maximum Gasteiger partial charge on any atom is 0.373 e. The fourth-order valence-electron chi connectivity index (χ4n) is 1.17. The van der Waals surface area contributed by atoms with Gasteiger partial charge in [0.2, 0.25) is 11.7 Å². The Morgan fingerprint density at radius 1 is 1.50 bits per heavy atom. The monoisotopic (exact) mass is 241 g/mol. The van der Waals surface area contributed by atoms with Gasteiger partial charge in [-0.3, -0.25) is 0 Å². The van der Waals surface area contributed by atoms with Gasteiger partial charge in [0.05, 0.1) is 16.8 Å². The van der Waals surface area contributed by atoms with Crippen LogP contribution in [-0.4, -0.2) is 16.1 Å². The first kappa shape index (κ1) is 10.6. The van der Waals surface area contributed by atoms with Gasteiger partial charge >= 0.3 is 5.97 Å². The fourth-order valence-corrected chi connectivity index (χ4v) is 1.37. The number of carbonyl (C=O) groups is 1. The van der Waals surface area contributed by atoms with Crippen LogP contribution in [0.4, 0.5) is 4.39 Å². The number of carboxylic acid groups (broad SMARTS) is 1. The highest BCUT2D eigenvalue weighted by atomic mass is 35.5. The Balaban J connectivity index is 2.50. The molecule has 1 N–H and O–H groups in total. The molecular weight excluding hydrogens is 237 g/mol. The number of carboxylic acids is 1. The van der Waals surface area contributed by atoms with Crippen LogP contribution >= 0.6 is 11.6 Å². The van der Waals surface area contributed by atoms with Crippen LogP contribution in [0.3, 0.4) is 0 Å². The van der Waals surface area contributed by atoms with Gasteiger partial charge in [-0.15, -0.1) is 0 Å². The molecule has 0 aliphatic rings. The van der Waals surface area contributed by atoms with E-state index in [9.17, 15) is 9.18 Å². The summed E-state index contributed by atoms with van der Waals surface area (Å²) < 4.78 is 18.0. The highest BCUT2D eigenvalue weighted by molar-refractivity contribution is 6.33. The van der Waals surface area contributed by atoms with Gasteiger partial charge in [0.15, 0.2) is 0 Å². The van der Waals surface area contributed by atoms with Gasteiger partial charge in [-0.2, -0.15) is 0 Å². The Morgan fingerprint density at radius 3 is 2.88 bits per heavy atom. The highest BCUT2D eigenvalue weighted by Crippen LogP contribution is 2.29. The third-order valence-electron chi connectivity index (χ3n) is 1.90. The van der Waals surface area contributed by atoms with Crippen LogP contribution in [0.2, 0.25) is 5.02 Å². The van der Waals surface area contributed by atoms with Gasteiger partial charge in [0.25, 0.3) is 0 Å². The van der Waals surface area contributed by atoms with E-state index in [4.69, 9.17) is 21.1 Å². The molecule has 2 aromatic rings. The normalized spacial score (nSPS) is 10.4. The van der Waals surface area contributed by atoms with Gasteiger partial charge in [0, 0.05) is 0 Å². The molecule has 1 aromatic heterocycles. The first-order chi connectivity index (χ1) is 7.59. The number of rotatable bonds is 2. The summed E-state index contributed by atoms with van der Waals surface area (Å²) in [5, 5.41) is 8.48. The van der Waals surface area contributed by atoms with E-state index in [0.717, 1.165) is 6.20 Å². The molecule has 0 aliphatic heterocycles. The van der Waals surface area contributed by atoms with Gasteiger partial charge < -0.3 is 9.52 Å². The molecule has 0 bridgehead atoms. The Bertz CT molecular complexity index is 553. The van der Waals surface area contributed by atoms with Crippen molar-refractivity contribution in [3.05, 3.63) is 41.0 Å². The maximum atomic E-state index is 13.1. The Hall–Kier alpha value is -1.88. The molecule has 0 saturated heterocycles. The minimum Gasteiger partial charge on any atom is -0.475 e. The van der Waals surface area contributed by atoms with E-state index in [2.05, 4.69) is 4.98 Å². The molecule has 1 heterocycles. The lowest BCUT2D eigenvalue weighted by Crippen LogP contribution is -1.91. The molecule has 4 nitrogen and oxygen atoms in total. The Labute approximate surface area is 94.3 Å². The van der Waals surface area contributed by atoms with Crippen molar-refractivity contribution < 1.29 is 18.7 Å². The first-order valence-electron chi connectivity index (χ1n) is 4.23. The van der Waals surface area contributed by atoms with E-state index in [1.165, 1.54) is 18.2 Å². The van der Waals surface area contributed by atoms with Crippen LogP contribution in [0.1, 0.15) is 10.6 Å². The standard InChI is InChI=1S/C10H5ClFNO3/c11-8-5(2-1-3-6(8)12)9-13-4-7(16-9)10(14)15/h1-4H,(H,14,15). The van der Waals surface area contributed by atoms with Crippen molar-refractivity contribution in [2.24, 2.45) is 0 Å². The second kappa shape index (κ2) is 3.94. The molecule has 0 atom stereocenters. The summed E-state index contributed by atoms with van der Waals surface area (Å²) in [5.74, 6) is -2.21. The molecule has 0 saturated carbocycles. The lowest BCUT2D eigenvalue weighted by atomic mass is 10.2. The summed E-state index contributed by atoms with van der Waals surface area (Å²) in [6, 6.07) is 4.11. The van der Waals surface area contributed by atoms with E-state index in [1.54, 1.807) is 0 Å². The number of hydrogen-bond acceptors (Lipinski definition) is 3. The average Bonchev–Trinajstić information content (AvgIpc) is 2.71. The van der Waals surface area contributed by atoms with Gasteiger partial charge in [-0.1, -0.05) is 17.7 Å². The van der Waals surface area contributed by atoms with E-state index >= 15 is 0 Å². The SMILES string of the molecule is O=C(O)c1cnc(-c2cccc(F)c2Cl)o1. The second-order valence-corrected chi connectivity index (χ2v) is 3.31. The molecule has 6 heteroatoms. The van der Waals surface area contributed by atoms with Crippen molar-refractivity contribution in [2.75, 3.05) is 0 Å². The molecule has 0 aliphatic carbocycles. The van der Waals surface area contributed by atoms with Crippen LogP contribution < -0.4 is 0 Å². The number of oxazole rings is 1. The summed E-state index contributed by atoms with van der Waals surface area (Å²) in [6.45, 7) is 0. The molecule has 1 aromatic carbocycles. The number of aromatic carboxylic acids is 1.